The molecule has 0 aliphatic heterocycles. The van der Waals surface area contributed by atoms with Crippen molar-refractivity contribution in [3.8, 4) is 5.75 Å². The highest BCUT2D eigenvalue weighted by atomic mass is 16.5. The Kier molecular flexibility index (Phi) is 1.99. The van der Waals surface area contributed by atoms with Crippen LogP contribution in [0.5, 0.6) is 5.75 Å². The molecule has 14 heavy (non-hydrogen) atoms. The van der Waals surface area contributed by atoms with Gasteiger partial charge in [-0.25, -0.2) is 0 Å². The molecular weight excluding hydrogens is 176 g/mol. The summed E-state index contributed by atoms with van der Waals surface area (Å²) in [5.74, 6) is 0.827. The normalized spacial score (nSPS) is 11.9. The number of ether oxygens (including phenoxy) is 1. The predicted molar refractivity (Wildman–Crippen MR) is 55.4 cm³/mol. The van der Waals surface area contributed by atoms with Crippen LogP contribution < -0.4 is 4.74 Å². The molecule has 1 heterocycles. The molecule has 2 aromatic rings. The number of hydrogen-bond donors (Lipinski definition) is 0. The van der Waals surface area contributed by atoms with E-state index in [-0.39, 0.29) is 5.60 Å². The Hall–Kier alpha value is -1.44. The Labute approximate surface area is 83.5 Å². The van der Waals surface area contributed by atoms with E-state index >= 15 is 0 Å². The third kappa shape index (κ3) is 1.90. The quantitative estimate of drug-likeness (QED) is 0.685. The molecule has 73 valence electrons. The fourth-order valence-electron chi connectivity index (χ4n) is 1.30. The van der Waals surface area contributed by atoms with Crippen LogP contribution in [0.15, 0.2) is 28.7 Å². The maximum absolute atomic E-state index is 5.71. The van der Waals surface area contributed by atoms with Gasteiger partial charge in [0.25, 0.3) is 0 Å². The third-order valence-electron chi connectivity index (χ3n) is 1.79. The molecule has 0 aliphatic rings. The Bertz CT molecular complexity index is 435. The molecule has 0 fully saturated rings. The number of benzene rings is 1. The molecule has 0 bridgehead atoms. The summed E-state index contributed by atoms with van der Waals surface area (Å²) in [5, 5.41) is 1.05. The summed E-state index contributed by atoms with van der Waals surface area (Å²) < 4.78 is 10.9. The van der Waals surface area contributed by atoms with E-state index in [0.29, 0.717) is 0 Å². The molecular formula is C12H13O2. The summed E-state index contributed by atoms with van der Waals surface area (Å²) in [6.07, 6.45) is 2.70. The minimum atomic E-state index is -0.177. The fourth-order valence-corrected chi connectivity index (χ4v) is 1.30. The van der Waals surface area contributed by atoms with Crippen molar-refractivity contribution in [3.63, 3.8) is 0 Å². The Morgan fingerprint density at radius 2 is 2.07 bits per heavy atom. The minimum absolute atomic E-state index is 0.177. The van der Waals surface area contributed by atoms with Gasteiger partial charge in [0.05, 0.1) is 0 Å². The molecule has 2 heteroatoms. The molecule has 1 aromatic heterocycles. The van der Waals surface area contributed by atoms with E-state index in [9.17, 15) is 0 Å². The predicted octanol–water partition coefficient (Wildman–Crippen LogP) is 3.41. The van der Waals surface area contributed by atoms with Gasteiger partial charge in [-0.1, -0.05) is 0 Å². The second-order valence-corrected chi connectivity index (χ2v) is 4.28. The van der Waals surface area contributed by atoms with Gasteiger partial charge in [-0.05, 0) is 39.0 Å². The molecule has 0 unspecified atom stereocenters. The Balaban J connectivity index is 2.35. The van der Waals surface area contributed by atoms with Crippen LogP contribution in [-0.2, 0) is 0 Å². The molecule has 0 atom stereocenters. The summed E-state index contributed by atoms with van der Waals surface area (Å²) in [4.78, 5) is 0. The highest BCUT2D eigenvalue weighted by molar-refractivity contribution is 5.78. The first-order valence-corrected chi connectivity index (χ1v) is 4.63. The highest BCUT2D eigenvalue weighted by Gasteiger charge is 2.12. The van der Waals surface area contributed by atoms with E-state index in [1.807, 2.05) is 45.0 Å². The first-order chi connectivity index (χ1) is 6.54. The molecule has 0 spiro atoms. The van der Waals surface area contributed by atoms with Crippen molar-refractivity contribution in [2.24, 2.45) is 0 Å². The van der Waals surface area contributed by atoms with Crippen LogP contribution in [0, 0.1) is 6.26 Å². The van der Waals surface area contributed by atoms with E-state index in [4.69, 9.17) is 9.15 Å². The number of hydrogen-bond acceptors (Lipinski definition) is 2. The lowest BCUT2D eigenvalue weighted by atomic mass is 10.2. The molecule has 2 rings (SSSR count). The summed E-state index contributed by atoms with van der Waals surface area (Å²) in [5.41, 5.74) is 0.635. The molecule has 0 amide bonds. The van der Waals surface area contributed by atoms with Crippen molar-refractivity contribution in [1.29, 1.82) is 0 Å². The number of fused-ring (bicyclic) bond motifs is 1. The van der Waals surface area contributed by atoms with Crippen molar-refractivity contribution in [1.82, 2.24) is 0 Å². The largest absolute Gasteiger partial charge is 0.488 e. The average molecular weight is 189 g/mol. The van der Waals surface area contributed by atoms with Crippen LogP contribution in [0.25, 0.3) is 11.0 Å². The van der Waals surface area contributed by atoms with Crippen LogP contribution >= 0.6 is 0 Å². The van der Waals surface area contributed by atoms with Gasteiger partial charge in [-0.3, -0.25) is 0 Å². The Morgan fingerprint density at radius 3 is 2.79 bits per heavy atom. The SMILES string of the molecule is CC(C)(C)Oc1ccc2c[c]oc2c1. The van der Waals surface area contributed by atoms with Crippen molar-refractivity contribution >= 4 is 11.0 Å². The highest BCUT2D eigenvalue weighted by Crippen LogP contribution is 2.24. The summed E-state index contributed by atoms with van der Waals surface area (Å²) >= 11 is 0. The molecule has 0 aliphatic carbocycles. The molecule has 1 aromatic carbocycles. The molecule has 1 radical (unpaired) electrons. The van der Waals surface area contributed by atoms with Crippen LogP contribution in [0.4, 0.5) is 0 Å². The zero-order chi connectivity index (χ0) is 10.2. The van der Waals surface area contributed by atoms with Crippen molar-refractivity contribution < 1.29 is 9.15 Å². The van der Waals surface area contributed by atoms with Gasteiger partial charge in [0.2, 0.25) is 0 Å². The molecule has 0 saturated heterocycles. The second kappa shape index (κ2) is 3.05. The van der Waals surface area contributed by atoms with Crippen molar-refractivity contribution in [2.45, 2.75) is 26.4 Å². The summed E-state index contributed by atoms with van der Waals surface area (Å²) in [6.45, 7) is 6.06. The van der Waals surface area contributed by atoms with Crippen molar-refractivity contribution in [3.05, 3.63) is 30.5 Å². The van der Waals surface area contributed by atoms with Gasteiger partial charge in [0, 0.05) is 11.5 Å². The maximum Gasteiger partial charge on any atom is 0.170 e. The standard InChI is InChI=1S/C12H13O2/c1-12(2,3)14-10-5-4-9-6-7-13-11(9)8-10/h4-6,8H,1-3H3. The van der Waals surface area contributed by atoms with E-state index < -0.39 is 0 Å². The van der Waals surface area contributed by atoms with Gasteiger partial charge >= 0.3 is 0 Å². The lowest BCUT2D eigenvalue weighted by Crippen LogP contribution is -2.22. The monoisotopic (exact) mass is 189 g/mol. The van der Waals surface area contributed by atoms with Crippen molar-refractivity contribution in [2.75, 3.05) is 0 Å². The second-order valence-electron chi connectivity index (χ2n) is 4.28. The molecule has 0 N–H and O–H groups in total. The van der Waals surface area contributed by atoms with E-state index in [1.165, 1.54) is 0 Å². The van der Waals surface area contributed by atoms with Gasteiger partial charge in [-0.2, -0.15) is 0 Å². The number of furan rings is 1. The third-order valence-corrected chi connectivity index (χ3v) is 1.79. The summed E-state index contributed by atoms with van der Waals surface area (Å²) in [7, 11) is 0. The minimum Gasteiger partial charge on any atom is -0.488 e. The van der Waals surface area contributed by atoms with Crippen LogP contribution in [-0.4, -0.2) is 5.60 Å². The Morgan fingerprint density at radius 1 is 1.29 bits per heavy atom. The smallest absolute Gasteiger partial charge is 0.170 e. The number of rotatable bonds is 1. The lowest BCUT2D eigenvalue weighted by Gasteiger charge is -2.20. The first kappa shape index (κ1) is 9.13. The summed E-state index contributed by atoms with van der Waals surface area (Å²) in [6, 6.07) is 7.61. The lowest BCUT2D eigenvalue weighted by molar-refractivity contribution is 0.131. The van der Waals surface area contributed by atoms with Crippen LogP contribution in [0.3, 0.4) is 0 Å². The zero-order valence-corrected chi connectivity index (χ0v) is 8.63. The van der Waals surface area contributed by atoms with E-state index in [0.717, 1.165) is 16.7 Å². The average Bonchev–Trinajstić information content (AvgIpc) is 2.47. The van der Waals surface area contributed by atoms with Gasteiger partial charge in [0.15, 0.2) is 6.26 Å². The van der Waals surface area contributed by atoms with Crippen LogP contribution in [0.1, 0.15) is 20.8 Å². The topological polar surface area (TPSA) is 22.4 Å². The van der Waals surface area contributed by atoms with Gasteiger partial charge < -0.3 is 9.15 Å². The van der Waals surface area contributed by atoms with Gasteiger partial charge in [-0.15, -0.1) is 0 Å². The molecule has 2 nitrogen and oxygen atoms in total. The van der Waals surface area contributed by atoms with Gasteiger partial charge in [0.1, 0.15) is 16.9 Å². The van der Waals surface area contributed by atoms with E-state index in [2.05, 4.69) is 6.26 Å². The first-order valence-electron chi connectivity index (χ1n) is 4.63. The maximum atomic E-state index is 5.71. The zero-order valence-electron chi connectivity index (χ0n) is 8.63. The van der Waals surface area contributed by atoms with Crippen LogP contribution in [0.2, 0.25) is 0 Å². The fraction of sp³-hybridized carbons (Fsp3) is 0.333. The molecule has 0 saturated carbocycles. The van der Waals surface area contributed by atoms with E-state index in [1.54, 1.807) is 0 Å².